The zero-order valence-electron chi connectivity index (χ0n) is 11.6. The molecule has 0 fully saturated rings. The maximum Gasteiger partial charge on any atom is 0.287 e. The van der Waals surface area contributed by atoms with Crippen molar-refractivity contribution in [1.29, 1.82) is 0 Å². The number of aryl methyl sites for hydroxylation is 1. The average molecular weight is 312 g/mol. The predicted octanol–water partition coefficient (Wildman–Crippen LogP) is 3.93. The third-order valence-electron chi connectivity index (χ3n) is 3.08. The molecule has 0 aliphatic heterocycles. The van der Waals surface area contributed by atoms with Crippen molar-refractivity contribution in [2.75, 3.05) is 5.32 Å². The van der Waals surface area contributed by atoms with Gasteiger partial charge in [-0.05, 0) is 24.8 Å². The smallest absolute Gasteiger partial charge is 0.287 e. The molecule has 4 nitrogen and oxygen atoms in total. The molecule has 108 valence electrons. The van der Waals surface area contributed by atoms with Crippen molar-refractivity contribution in [3.05, 3.63) is 44.0 Å². The first-order valence-corrected chi connectivity index (χ1v) is 7.98. The van der Waals surface area contributed by atoms with Crippen molar-refractivity contribution < 1.29 is 0 Å². The van der Waals surface area contributed by atoms with Crippen LogP contribution in [0.2, 0.25) is 5.02 Å². The maximum absolute atomic E-state index is 12.0. The molecule has 0 aliphatic rings. The molecule has 0 aliphatic carbocycles. The van der Waals surface area contributed by atoms with Gasteiger partial charge in [0.05, 0.1) is 17.9 Å². The molecule has 2 aromatic rings. The number of aromatic nitrogens is 2. The van der Waals surface area contributed by atoms with E-state index in [-0.39, 0.29) is 16.6 Å². The number of rotatable bonds is 6. The van der Waals surface area contributed by atoms with E-state index in [1.165, 1.54) is 9.56 Å². The van der Waals surface area contributed by atoms with Crippen LogP contribution >= 0.6 is 22.9 Å². The second kappa shape index (κ2) is 6.90. The molecule has 0 saturated carbocycles. The first kappa shape index (κ1) is 15.1. The Labute approximate surface area is 127 Å². The van der Waals surface area contributed by atoms with E-state index in [2.05, 4.69) is 28.8 Å². The van der Waals surface area contributed by atoms with Crippen molar-refractivity contribution in [2.45, 2.75) is 39.3 Å². The third kappa shape index (κ3) is 3.22. The molecule has 0 radical (unpaired) electrons. The summed E-state index contributed by atoms with van der Waals surface area (Å²) in [6.45, 7) is 4.52. The molecule has 2 rings (SSSR count). The summed E-state index contributed by atoms with van der Waals surface area (Å²) >= 11 is 7.85. The van der Waals surface area contributed by atoms with E-state index in [0.29, 0.717) is 12.2 Å². The molecule has 0 aromatic carbocycles. The van der Waals surface area contributed by atoms with E-state index in [1.807, 2.05) is 13.0 Å². The second-order valence-electron chi connectivity index (χ2n) is 4.49. The summed E-state index contributed by atoms with van der Waals surface area (Å²) in [5.41, 5.74) is 0.355. The standard InChI is InChI=1S/C14H18ClN3OS/c1-3-6-10(12-7-5-8-20-12)17-11-9-16-18(4-2)14(19)13(11)15/h5,7-10,17H,3-4,6H2,1-2H3. The Morgan fingerprint density at radius 2 is 2.30 bits per heavy atom. The lowest BCUT2D eigenvalue weighted by molar-refractivity contribution is 0.614. The van der Waals surface area contributed by atoms with Crippen LogP contribution in [0.25, 0.3) is 0 Å². The third-order valence-corrected chi connectivity index (χ3v) is 4.43. The average Bonchev–Trinajstić information content (AvgIpc) is 2.97. The van der Waals surface area contributed by atoms with Gasteiger partial charge >= 0.3 is 0 Å². The molecule has 0 bridgehead atoms. The van der Waals surface area contributed by atoms with Gasteiger partial charge in [0, 0.05) is 11.4 Å². The Kier molecular flexibility index (Phi) is 5.20. The van der Waals surface area contributed by atoms with E-state index in [4.69, 9.17) is 11.6 Å². The highest BCUT2D eigenvalue weighted by Gasteiger charge is 2.15. The Bertz CT molecular complexity index is 609. The van der Waals surface area contributed by atoms with Gasteiger partial charge in [0.1, 0.15) is 5.02 Å². The summed E-state index contributed by atoms with van der Waals surface area (Å²) in [7, 11) is 0. The molecule has 1 N–H and O–H groups in total. The van der Waals surface area contributed by atoms with Gasteiger partial charge in [0.15, 0.2) is 0 Å². The predicted molar refractivity (Wildman–Crippen MR) is 84.8 cm³/mol. The van der Waals surface area contributed by atoms with Crippen molar-refractivity contribution in [1.82, 2.24) is 9.78 Å². The molecule has 20 heavy (non-hydrogen) atoms. The summed E-state index contributed by atoms with van der Waals surface area (Å²) in [6, 6.07) is 4.28. The van der Waals surface area contributed by atoms with Gasteiger partial charge in [-0.3, -0.25) is 4.79 Å². The fourth-order valence-electron chi connectivity index (χ4n) is 2.04. The lowest BCUT2D eigenvalue weighted by Crippen LogP contribution is -2.24. The molecule has 0 saturated heterocycles. The highest BCUT2D eigenvalue weighted by molar-refractivity contribution is 7.10. The number of nitrogens with one attached hydrogen (secondary N) is 1. The molecule has 0 amide bonds. The van der Waals surface area contributed by atoms with Crippen LogP contribution < -0.4 is 10.9 Å². The Hall–Kier alpha value is -1.33. The van der Waals surface area contributed by atoms with E-state index >= 15 is 0 Å². The van der Waals surface area contributed by atoms with E-state index in [9.17, 15) is 4.79 Å². The van der Waals surface area contributed by atoms with Crippen molar-refractivity contribution in [3.63, 3.8) is 0 Å². The van der Waals surface area contributed by atoms with Gasteiger partial charge in [-0.15, -0.1) is 11.3 Å². The zero-order chi connectivity index (χ0) is 14.5. The van der Waals surface area contributed by atoms with Crippen LogP contribution in [-0.2, 0) is 6.54 Å². The van der Waals surface area contributed by atoms with Gasteiger partial charge < -0.3 is 5.32 Å². The first-order valence-electron chi connectivity index (χ1n) is 6.72. The number of hydrogen-bond donors (Lipinski definition) is 1. The summed E-state index contributed by atoms with van der Waals surface area (Å²) in [6.07, 6.45) is 3.66. The molecule has 2 heterocycles. The number of anilines is 1. The van der Waals surface area contributed by atoms with E-state index in [1.54, 1.807) is 17.5 Å². The van der Waals surface area contributed by atoms with E-state index < -0.39 is 0 Å². The summed E-state index contributed by atoms with van der Waals surface area (Å²) < 4.78 is 1.35. The fourth-order valence-corrected chi connectivity index (χ4v) is 3.06. The van der Waals surface area contributed by atoms with Crippen LogP contribution in [0.3, 0.4) is 0 Å². The van der Waals surface area contributed by atoms with Crippen molar-refractivity contribution in [3.8, 4) is 0 Å². The largest absolute Gasteiger partial charge is 0.375 e. The molecular weight excluding hydrogens is 294 g/mol. The highest BCUT2D eigenvalue weighted by Crippen LogP contribution is 2.29. The van der Waals surface area contributed by atoms with Gasteiger partial charge in [0.2, 0.25) is 0 Å². The Morgan fingerprint density at radius 1 is 1.50 bits per heavy atom. The number of nitrogens with zero attached hydrogens (tertiary/aromatic N) is 2. The normalized spacial score (nSPS) is 12.3. The molecule has 1 atom stereocenters. The van der Waals surface area contributed by atoms with Crippen LogP contribution in [-0.4, -0.2) is 9.78 Å². The van der Waals surface area contributed by atoms with Crippen LogP contribution in [0.5, 0.6) is 0 Å². The minimum Gasteiger partial charge on any atom is -0.375 e. The maximum atomic E-state index is 12.0. The quantitative estimate of drug-likeness (QED) is 0.879. The zero-order valence-corrected chi connectivity index (χ0v) is 13.2. The van der Waals surface area contributed by atoms with Crippen LogP contribution in [0.4, 0.5) is 5.69 Å². The first-order chi connectivity index (χ1) is 9.67. The highest BCUT2D eigenvalue weighted by atomic mass is 35.5. The van der Waals surface area contributed by atoms with Gasteiger partial charge in [-0.2, -0.15) is 5.10 Å². The van der Waals surface area contributed by atoms with Crippen molar-refractivity contribution >= 4 is 28.6 Å². The van der Waals surface area contributed by atoms with Gasteiger partial charge in [-0.1, -0.05) is 31.0 Å². The van der Waals surface area contributed by atoms with Crippen LogP contribution in [0.15, 0.2) is 28.5 Å². The number of thiophene rings is 1. The Balaban J connectivity index is 2.28. The van der Waals surface area contributed by atoms with Crippen LogP contribution in [0.1, 0.15) is 37.6 Å². The lowest BCUT2D eigenvalue weighted by atomic mass is 10.1. The fraction of sp³-hybridized carbons (Fsp3) is 0.429. The van der Waals surface area contributed by atoms with Crippen LogP contribution in [0, 0.1) is 0 Å². The number of hydrogen-bond acceptors (Lipinski definition) is 4. The summed E-state index contributed by atoms with van der Waals surface area (Å²) in [5, 5.41) is 9.72. The minimum atomic E-state index is -0.249. The van der Waals surface area contributed by atoms with Gasteiger partial charge in [0.25, 0.3) is 5.56 Å². The second-order valence-corrected chi connectivity index (χ2v) is 5.85. The van der Waals surface area contributed by atoms with E-state index in [0.717, 1.165) is 12.8 Å². The molecule has 2 aromatic heterocycles. The molecule has 6 heteroatoms. The summed E-state index contributed by atoms with van der Waals surface area (Å²) in [5.74, 6) is 0. The van der Waals surface area contributed by atoms with Gasteiger partial charge in [-0.25, -0.2) is 4.68 Å². The Morgan fingerprint density at radius 3 is 2.90 bits per heavy atom. The monoisotopic (exact) mass is 311 g/mol. The molecule has 0 spiro atoms. The minimum absolute atomic E-state index is 0.163. The number of halogens is 1. The molecule has 1 unspecified atom stereocenters. The lowest BCUT2D eigenvalue weighted by Gasteiger charge is -2.18. The topological polar surface area (TPSA) is 46.9 Å². The molecular formula is C14H18ClN3OS. The van der Waals surface area contributed by atoms with Crippen molar-refractivity contribution in [2.24, 2.45) is 0 Å². The SMILES string of the molecule is CCCC(Nc1cnn(CC)c(=O)c1Cl)c1cccs1. The summed E-state index contributed by atoms with van der Waals surface area (Å²) in [4.78, 5) is 13.2.